The van der Waals surface area contributed by atoms with Crippen molar-refractivity contribution in [1.29, 1.82) is 0 Å². The van der Waals surface area contributed by atoms with E-state index < -0.39 is 0 Å². The number of nitrogens with zero attached hydrogens (tertiary/aromatic N) is 1. The van der Waals surface area contributed by atoms with Crippen molar-refractivity contribution < 1.29 is 9.53 Å². The van der Waals surface area contributed by atoms with E-state index >= 15 is 0 Å². The van der Waals surface area contributed by atoms with Crippen LogP contribution in [0.1, 0.15) is 33.1 Å². The first-order valence-electron chi connectivity index (χ1n) is 5.98. The van der Waals surface area contributed by atoms with E-state index in [1.165, 1.54) is 10.6 Å². The second-order valence-corrected chi connectivity index (χ2v) is 4.19. The summed E-state index contributed by atoms with van der Waals surface area (Å²) in [7, 11) is 1.64. The highest BCUT2D eigenvalue weighted by Gasteiger charge is 2.18. The number of nitrogens with two attached hydrogens (primary N) is 2. The summed E-state index contributed by atoms with van der Waals surface area (Å²) in [4.78, 5) is 10.7. The summed E-state index contributed by atoms with van der Waals surface area (Å²) in [5.74, 6) is 6.91. The standard InChI is InChI=1S/C13H21N3O2/c1-4-10-5-6-11(18-3)7-13(10)16(15)9(2)12(14)8-17/h7-8H,4-6,14-15H2,1-3H3/b12-9-. The summed E-state index contributed by atoms with van der Waals surface area (Å²) in [6.45, 7) is 3.80. The van der Waals surface area contributed by atoms with Crippen molar-refractivity contribution in [2.45, 2.75) is 33.1 Å². The van der Waals surface area contributed by atoms with Crippen LogP contribution >= 0.6 is 0 Å². The predicted molar refractivity (Wildman–Crippen MR) is 70.6 cm³/mol. The predicted octanol–water partition coefficient (Wildman–Crippen LogP) is 1.54. The summed E-state index contributed by atoms with van der Waals surface area (Å²) in [6.07, 6.45) is 5.20. The minimum atomic E-state index is 0.137. The monoisotopic (exact) mass is 251 g/mol. The first-order valence-corrected chi connectivity index (χ1v) is 5.98. The van der Waals surface area contributed by atoms with Crippen LogP contribution in [0.15, 0.2) is 34.5 Å². The van der Waals surface area contributed by atoms with Crippen LogP contribution in [0, 0.1) is 0 Å². The molecule has 0 saturated heterocycles. The van der Waals surface area contributed by atoms with Crippen molar-refractivity contribution in [1.82, 2.24) is 5.01 Å². The highest BCUT2D eigenvalue weighted by atomic mass is 16.5. The van der Waals surface area contributed by atoms with E-state index in [9.17, 15) is 4.79 Å². The van der Waals surface area contributed by atoms with Gasteiger partial charge in [-0.05, 0) is 25.3 Å². The van der Waals surface area contributed by atoms with Gasteiger partial charge in [0.15, 0.2) is 6.29 Å². The van der Waals surface area contributed by atoms with Crippen molar-refractivity contribution >= 4 is 6.29 Å². The topological polar surface area (TPSA) is 81.6 Å². The van der Waals surface area contributed by atoms with Gasteiger partial charge < -0.3 is 10.5 Å². The number of hydrazine groups is 1. The number of methoxy groups -OCH3 is 1. The molecule has 0 aromatic carbocycles. The summed E-state index contributed by atoms with van der Waals surface area (Å²) < 4.78 is 5.26. The Hall–Kier alpha value is -1.75. The van der Waals surface area contributed by atoms with E-state index in [0.29, 0.717) is 12.0 Å². The second kappa shape index (κ2) is 6.26. The molecular formula is C13H21N3O2. The zero-order chi connectivity index (χ0) is 13.7. The average Bonchev–Trinajstić information content (AvgIpc) is 2.43. The highest BCUT2D eigenvalue weighted by Crippen LogP contribution is 2.29. The third-order valence-electron chi connectivity index (χ3n) is 3.19. The van der Waals surface area contributed by atoms with Gasteiger partial charge >= 0.3 is 0 Å². The van der Waals surface area contributed by atoms with E-state index in [-0.39, 0.29) is 5.70 Å². The normalized spacial score (nSPS) is 17.0. The van der Waals surface area contributed by atoms with Gasteiger partial charge in [-0.25, -0.2) is 5.84 Å². The maximum atomic E-state index is 10.7. The van der Waals surface area contributed by atoms with Crippen LogP contribution in [0.2, 0.25) is 0 Å². The zero-order valence-corrected chi connectivity index (χ0v) is 11.2. The highest BCUT2D eigenvalue weighted by molar-refractivity contribution is 5.72. The number of hydrogen-bond donors (Lipinski definition) is 2. The van der Waals surface area contributed by atoms with Crippen molar-refractivity contribution in [2.75, 3.05) is 7.11 Å². The molecule has 1 aliphatic carbocycles. The van der Waals surface area contributed by atoms with E-state index in [0.717, 1.165) is 30.7 Å². The van der Waals surface area contributed by atoms with E-state index in [4.69, 9.17) is 16.3 Å². The third-order valence-corrected chi connectivity index (χ3v) is 3.19. The molecule has 100 valence electrons. The minimum Gasteiger partial charge on any atom is -0.501 e. The zero-order valence-electron chi connectivity index (χ0n) is 11.2. The number of hydrogen-bond acceptors (Lipinski definition) is 5. The third kappa shape index (κ3) is 2.92. The molecule has 0 unspecified atom stereocenters. The van der Waals surface area contributed by atoms with Gasteiger partial charge in [0.1, 0.15) is 0 Å². The fraction of sp³-hybridized carbons (Fsp3) is 0.462. The van der Waals surface area contributed by atoms with Crippen LogP contribution < -0.4 is 11.6 Å². The molecular weight excluding hydrogens is 230 g/mol. The molecule has 0 spiro atoms. The Morgan fingerprint density at radius 1 is 1.56 bits per heavy atom. The van der Waals surface area contributed by atoms with Gasteiger partial charge in [0.05, 0.1) is 30.0 Å². The second-order valence-electron chi connectivity index (χ2n) is 4.19. The summed E-state index contributed by atoms with van der Waals surface area (Å²) in [5.41, 5.74) is 8.37. The van der Waals surface area contributed by atoms with E-state index in [2.05, 4.69) is 6.92 Å². The Bertz CT molecular complexity index is 422. The summed E-state index contributed by atoms with van der Waals surface area (Å²) in [6, 6.07) is 0. The van der Waals surface area contributed by atoms with Crippen LogP contribution in [0.4, 0.5) is 0 Å². The fourth-order valence-electron chi connectivity index (χ4n) is 1.89. The lowest BCUT2D eigenvalue weighted by Gasteiger charge is -2.27. The van der Waals surface area contributed by atoms with Crippen LogP contribution in [0.25, 0.3) is 0 Å². The van der Waals surface area contributed by atoms with Gasteiger partial charge in [0, 0.05) is 12.5 Å². The number of allylic oxidation sites excluding steroid dienone is 5. The number of rotatable bonds is 5. The molecule has 18 heavy (non-hydrogen) atoms. The van der Waals surface area contributed by atoms with Crippen molar-refractivity contribution in [3.05, 3.63) is 34.5 Å². The van der Waals surface area contributed by atoms with Gasteiger partial charge in [0.2, 0.25) is 0 Å². The smallest absolute Gasteiger partial charge is 0.167 e. The molecule has 0 atom stereocenters. The minimum absolute atomic E-state index is 0.137. The Balaban J connectivity index is 3.15. The summed E-state index contributed by atoms with van der Waals surface area (Å²) in [5, 5.41) is 1.46. The van der Waals surface area contributed by atoms with Crippen molar-refractivity contribution in [3.63, 3.8) is 0 Å². The lowest BCUT2D eigenvalue weighted by atomic mass is 9.98. The first kappa shape index (κ1) is 14.3. The van der Waals surface area contributed by atoms with E-state index in [1.807, 2.05) is 6.08 Å². The van der Waals surface area contributed by atoms with Crippen molar-refractivity contribution in [2.24, 2.45) is 11.6 Å². The average molecular weight is 251 g/mol. The maximum absolute atomic E-state index is 10.7. The molecule has 0 aliphatic heterocycles. The SMILES string of the molecule is CCC1=C(N(N)/C(C)=C(\N)C=O)C=C(OC)CC1. The van der Waals surface area contributed by atoms with Crippen molar-refractivity contribution in [3.8, 4) is 0 Å². The fourth-order valence-corrected chi connectivity index (χ4v) is 1.89. The Kier molecular flexibility index (Phi) is 4.97. The van der Waals surface area contributed by atoms with Crippen LogP contribution in [0.5, 0.6) is 0 Å². The quantitative estimate of drug-likeness (QED) is 0.335. The van der Waals surface area contributed by atoms with Gasteiger partial charge in [-0.15, -0.1) is 0 Å². The molecule has 0 radical (unpaired) electrons. The van der Waals surface area contributed by atoms with E-state index in [1.54, 1.807) is 14.0 Å². The van der Waals surface area contributed by atoms with Crippen LogP contribution in [0.3, 0.4) is 0 Å². The van der Waals surface area contributed by atoms with Gasteiger partial charge in [0.25, 0.3) is 0 Å². The molecule has 0 amide bonds. The lowest BCUT2D eigenvalue weighted by Crippen LogP contribution is -2.32. The molecule has 1 rings (SSSR count). The molecule has 5 nitrogen and oxygen atoms in total. The molecule has 0 bridgehead atoms. The summed E-state index contributed by atoms with van der Waals surface area (Å²) >= 11 is 0. The molecule has 0 aromatic rings. The molecule has 0 fully saturated rings. The molecule has 0 aromatic heterocycles. The molecule has 0 saturated carbocycles. The van der Waals surface area contributed by atoms with Crippen LogP contribution in [-0.2, 0) is 9.53 Å². The number of carbonyl (C=O) groups excluding carboxylic acids is 1. The Morgan fingerprint density at radius 3 is 2.72 bits per heavy atom. The van der Waals surface area contributed by atoms with Crippen LogP contribution in [-0.4, -0.2) is 18.4 Å². The Morgan fingerprint density at radius 2 is 2.22 bits per heavy atom. The molecule has 5 heteroatoms. The molecule has 4 N–H and O–H groups in total. The maximum Gasteiger partial charge on any atom is 0.167 e. The number of aldehydes is 1. The lowest BCUT2D eigenvalue weighted by molar-refractivity contribution is -0.105. The number of carbonyl (C=O) groups is 1. The number of ether oxygens (including phenoxy) is 1. The largest absolute Gasteiger partial charge is 0.501 e. The first-order chi connectivity index (χ1) is 8.54. The van der Waals surface area contributed by atoms with Gasteiger partial charge in [-0.2, -0.15) is 0 Å². The molecule has 0 heterocycles. The Labute approximate surface area is 108 Å². The molecule has 1 aliphatic rings. The van der Waals surface area contributed by atoms with Gasteiger partial charge in [-0.3, -0.25) is 9.80 Å². The van der Waals surface area contributed by atoms with Gasteiger partial charge in [-0.1, -0.05) is 6.92 Å².